The average Bonchev–Trinajstić information content (AvgIpc) is 3.45. The molecule has 1 N–H and O–H groups in total. The van der Waals surface area contributed by atoms with E-state index in [2.05, 4.69) is 21.6 Å². The fourth-order valence-corrected chi connectivity index (χ4v) is 4.31. The molecule has 0 spiro atoms. The normalized spacial score (nSPS) is 13.0. The molecule has 4 aromatic rings. The van der Waals surface area contributed by atoms with Crippen molar-refractivity contribution < 1.29 is 13.6 Å². The summed E-state index contributed by atoms with van der Waals surface area (Å²) in [6, 6.07) is 17.7. The largest absolute Gasteiger partial charge is 0.467 e. The Labute approximate surface area is 196 Å². The Balaban J connectivity index is 1.54. The summed E-state index contributed by atoms with van der Waals surface area (Å²) in [5.74, 6) is 1.04. The van der Waals surface area contributed by atoms with Crippen LogP contribution in [0.15, 0.2) is 76.5 Å². The average molecular weight is 465 g/mol. The molecule has 0 aliphatic carbocycles. The molecule has 1 amide bonds. The zero-order chi connectivity index (χ0) is 23.4. The fraction of sp³-hybridized carbons (Fsp3) is 0.240. The van der Waals surface area contributed by atoms with E-state index in [1.54, 1.807) is 18.4 Å². The standard InChI is InChI=1S/C25H25FN4O2S/c1-16-6-4-7-20(14-16)23-28-29-25(30(23)15-22-8-5-13-32-22)33-18(3)24(31)27-17(2)19-9-11-21(26)12-10-19/h4-14,17-18H,15H2,1-3H3,(H,27,31). The number of halogens is 1. The van der Waals surface area contributed by atoms with E-state index < -0.39 is 5.25 Å². The van der Waals surface area contributed by atoms with Crippen LogP contribution in [0.1, 0.15) is 36.8 Å². The van der Waals surface area contributed by atoms with Gasteiger partial charge in [0.1, 0.15) is 11.6 Å². The molecule has 0 saturated carbocycles. The van der Waals surface area contributed by atoms with Gasteiger partial charge in [-0.25, -0.2) is 4.39 Å². The molecule has 33 heavy (non-hydrogen) atoms. The van der Waals surface area contributed by atoms with Gasteiger partial charge in [0.05, 0.1) is 24.1 Å². The molecule has 0 aliphatic heterocycles. The number of carbonyl (C=O) groups excluding carboxylic acids is 1. The number of aryl methyl sites for hydroxylation is 1. The van der Waals surface area contributed by atoms with E-state index in [1.807, 2.05) is 55.7 Å². The highest BCUT2D eigenvalue weighted by Crippen LogP contribution is 2.29. The van der Waals surface area contributed by atoms with E-state index in [9.17, 15) is 9.18 Å². The first-order chi connectivity index (χ1) is 15.9. The number of furan rings is 1. The molecule has 2 unspecified atom stereocenters. The minimum Gasteiger partial charge on any atom is -0.467 e. The number of hydrogen-bond donors (Lipinski definition) is 1. The topological polar surface area (TPSA) is 73.0 Å². The van der Waals surface area contributed by atoms with E-state index in [4.69, 9.17) is 4.42 Å². The second-order valence-electron chi connectivity index (χ2n) is 7.88. The van der Waals surface area contributed by atoms with Crippen molar-refractivity contribution in [1.29, 1.82) is 0 Å². The van der Waals surface area contributed by atoms with Crippen LogP contribution < -0.4 is 5.32 Å². The van der Waals surface area contributed by atoms with Crippen molar-refractivity contribution in [3.05, 3.63) is 89.6 Å². The molecule has 2 atom stereocenters. The number of nitrogens with zero attached hydrogens (tertiary/aromatic N) is 3. The summed E-state index contributed by atoms with van der Waals surface area (Å²) in [4.78, 5) is 12.9. The smallest absolute Gasteiger partial charge is 0.233 e. The molecule has 0 aliphatic rings. The monoisotopic (exact) mass is 464 g/mol. The molecule has 2 aromatic carbocycles. The van der Waals surface area contributed by atoms with Gasteiger partial charge in [-0.3, -0.25) is 9.36 Å². The molecule has 170 valence electrons. The Morgan fingerprint density at radius 2 is 1.91 bits per heavy atom. The van der Waals surface area contributed by atoms with E-state index in [0.29, 0.717) is 17.5 Å². The Morgan fingerprint density at radius 1 is 1.12 bits per heavy atom. The number of amides is 1. The van der Waals surface area contributed by atoms with Gasteiger partial charge in [-0.1, -0.05) is 47.7 Å². The van der Waals surface area contributed by atoms with Gasteiger partial charge in [0.15, 0.2) is 11.0 Å². The van der Waals surface area contributed by atoms with E-state index >= 15 is 0 Å². The molecule has 0 saturated heterocycles. The molecule has 2 heterocycles. The number of carbonyl (C=O) groups is 1. The molecule has 0 fully saturated rings. The maximum Gasteiger partial charge on any atom is 0.233 e. The Morgan fingerprint density at radius 3 is 2.61 bits per heavy atom. The summed E-state index contributed by atoms with van der Waals surface area (Å²) in [5, 5.41) is 12.0. The maximum absolute atomic E-state index is 13.2. The summed E-state index contributed by atoms with van der Waals surface area (Å²) in [6.45, 7) is 6.18. The Bertz CT molecular complexity index is 1220. The number of benzene rings is 2. The van der Waals surface area contributed by atoms with Crippen molar-refractivity contribution in [1.82, 2.24) is 20.1 Å². The molecular weight excluding hydrogens is 439 g/mol. The van der Waals surface area contributed by atoms with Crippen LogP contribution in [0.4, 0.5) is 4.39 Å². The van der Waals surface area contributed by atoms with Gasteiger partial charge in [0, 0.05) is 5.56 Å². The van der Waals surface area contributed by atoms with Gasteiger partial charge in [0.2, 0.25) is 5.91 Å². The predicted molar refractivity (Wildman–Crippen MR) is 126 cm³/mol. The lowest BCUT2D eigenvalue weighted by atomic mass is 10.1. The number of nitrogens with one attached hydrogen (secondary N) is 1. The quantitative estimate of drug-likeness (QED) is 0.354. The molecule has 0 bridgehead atoms. The minimum absolute atomic E-state index is 0.138. The van der Waals surface area contributed by atoms with Gasteiger partial charge in [-0.05, 0) is 56.7 Å². The van der Waals surface area contributed by atoms with Crippen LogP contribution in [0.25, 0.3) is 11.4 Å². The summed E-state index contributed by atoms with van der Waals surface area (Å²) in [6.07, 6.45) is 1.63. The van der Waals surface area contributed by atoms with Gasteiger partial charge >= 0.3 is 0 Å². The SMILES string of the molecule is Cc1cccc(-c2nnc(SC(C)C(=O)NC(C)c3ccc(F)cc3)n2Cc2ccco2)c1. The summed E-state index contributed by atoms with van der Waals surface area (Å²) >= 11 is 1.34. The second-order valence-corrected chi connectivity index (χ2v) is 9.19. The van der Waals surface area contributed by atoms with Crippen molar-refractivity contribution in [3.8, 4) is 11.4 Å². The summed E-state index contributed by atoms with van der Waals surface area (Å²) in [5.41, 5.74) is 2.91. The van der Waals surface area contributed by atoms with Gasteiger partial charge in [-0.15, -0.1) is 10.2 Å². The number of aromatic nitrogens is 3. The highest BCUT2D eigenvalue weighted by molar-refractivity contribution is 8.00. The molecular formula is C25H25FN4O2S. The summed E-state index contributed by atoms with van der Waals surface area (Å²) in [7, 11) is 0. The Kier molecular flexibility index (Phi) is 6.93. The molecule has 4 rings (SSSR count). The van der Waals surface area contributed by atoms with Crippen LogP contribution in [0.5, 0.6) is 0 Å². The van der Waals surface area contributed by atoms with Crippen molar-refractivity contribution in [3.63, 3.8) is 0 Å². The number of rotatable bonds is 8. The van der Waals surface area contributed by atoms with Crippen molar-refractivity contribution >= 4 is 17.7 Å². The first kappa shape index (κ1) is 22.8. The van der Waals surface area contributed by atoms with E-state index in [0.717, 1.165) is 22.5 Å². The lowest BCUT2D eigenvalue weighted by molar-refractivity contribution is -0.120. The van der Waals surface area contributed by atoms with Crippen LogP contribution in [-0.4, -0.2) is 25.9 Å². The maximum atomic E-state index is 13.2. The zero-order valence-corrected chi connectivity index (χ0v) is 19.5. The van der Waals surface area contributed by atoms with Crippen molar-refractivity contribution in [2.75, 3.05) is 0 Å². The molecule has 8 heteroatoms. The lowest BCUT2D eigenvalue weighted by Crippen LogP contribution is -2.33. The van der Waals surface area contributed by atoms with Crippen LogP contribution in [0, 0.1) is 12.7 Å². The third-order valence-electron chi connectivity index (χ3n) is 5.27. The highest BCUT2D eigenvalue weighted by atomic mass is 32.2. The minimum atomic E-state index is -0.419. The first-order valence-electron chi connectivity index (χ1n) is 10.7. The van der Waals surface area contributed by atoms with Gasteiger partial charge < -0.3 is 9.73 Å². The molecule has 6 nitrogen and oxygen atoms in total. The van der Waals surface area contributed by atoms with Gasteiger partial charge in [0.25, 0.3) is 0 Å². The van der Waals surface area contributed by atoms with E-state index in [1.165, 1.54) is 23.9 Å². The highest BCUT2D eigenvalue weighted by Gasteiger charge is 2.23. The molecule has 0 radical (unpaired) electrons. The summed E-state index contributed by atoms with van der Waals surface area (Å²) < 4.78 is 20.7. The number of hydrogen-bond acceptors (Lipinski definition) is 5. The third kappa shape index (κ3) is 5.51. The third-order valence-corrected chi connectivity index (χ3v) is 6.35. The van der Waals surface area contributed by atoms with Crippen LogP contribution in [0.3, 0.4) is 0 Å². The predicted octanol–water partition coefficient (Wildman–Crippen LogP) is 5.39. The van der Waals surface area contributed by atoms with Crippen LogP contribution in [-0.2, 0) is 11.3 Å². The van der Waals surface area contributed by atoms with Crippen LogP contribution in [0.2, 0.25) is 0 Å². The lowest BCUT2D eigenvalue weighted by Gasteiger charge is -2.18. The Hall–Kier alpha value is -3.39. The van der Waals surface area contributed by atoms with E-state index in [-0.39, 0.29) is 17.8 Å². The van der Waals surface area contributed by atoms with Crippen molar-refractivity contribution in [2.24, 2.45) is 0 Å². The van der Waals surface area contributed by atoms with Gasteiger partial charge in [-0.2, -0.15) is 0 Å². The fourth-order valence-electron chi connectivity index (χ4n) is 3.45. The number of thioether (sulfide) groups is 1. The second kappa shape index (κ2) is 10.0. The first-order valence-corrected chi connectivity index (χ1v) is 11.5. The van der Waals surface area contributed by atoms with Crippen molar-refractivity contribution in [2.45, 2.75) is 43.8 Å². The molecule has 2 aromatic heterocycles. The zero-order valence-electron chi connectivity index (χ0n) is 18.7. The van der Waals surface area contributed by atoms with Crippen LogP contribution >= 0.6 is 11.8 Å².